The van der Waals surface area contributed by atoms with Crippen LogP contribution in [-0.4, -0.2) is 11.8 Å². The van der Waals surface area contributed by atoms with Gasteiger partial charge in [-0.3, -0.25) is 4.99 Å². The highest BCUT2D eigenvalue weighted by atomic mass is 15.3. The van der Waals surface area contributed by atoms with Gasteiger partial charge < -0.3 is 4.90 Å². The molecule has 0 bridgehead atoms. The Morgan fingerprint density at radius 2 is 0.945 bits per heavy atom. The van der Waals surface area contributed by atoms with E-state index in [2.05, 4.69) is 211 Å². The number of fused-ring (bicyclic) bond motifs is 5. The molecule has 0 radical (unpaired) electrons. The molecule has 55 heavy (non-hydrogen) atoms. The third-order valence-electron chi connectivity index (χ3n) is 11.5. The maximum Gasteiger partial charge on any atom is 0.148 e. The molecule has 2 aliphatic rings. The molecule has 9 aromatic carbocycles. The second-order valence-electron chi connectivity index (χ2n) is 14.7. The first kappa shape index (κ1) is 31.5. The van der Waals surface area contributed by atoms with Gasteiger partial charge in [-0.25, -0.2) is 0 Å². The van der Waals surface area contributed by atoms with Crippen molar-refractivity contribution in [2.45, 2.75) is 12.2 Å². The van der Waals surface area contributed by atoms with E-state index in [4.69, 9.17) is 4.99 Å². The summed E-state index contributed by atoms with van der Waals surface area (Å²) in [5.41, 5.74) is 10.8. The lowest BCUT2D eigenvalue weighted by Crippen LogP contribution is -2.35. The molecule has 2 nitrogen and oxygen atoms in total. The summed E-state index contributed by atoms with van der Waals surface area (Å²) in [5.74, 6) is 0. The average molecular weight is 701 g/mol. The van der Waals surface area contributed by atoms with Gasteiger partial charge in [0, 0.05) is 5.69 Å². The lowest BCUT2D eigenvalue weighted by atomic mass is 9.84. The van der Waals surface area contributed by atoms with Crippen LogP contribution in [0.3, 0.4) is 0 Å². The zero-order valence-corrected chi connectivity index (χ0v) is 30.2. The van der Waals surface area contributed by atoms with Crippen molar-refractivity contribution in [3.8, 4) is 33.4 Å². The molecule has 258 valence electrons. The molecule has 1 aliphatic heterocycles. The number of rotatable bonds is 5. The summed E-state index contributed by atoms with van der Waals surface area (Å²) >= 11 is 0. The summed E-state index contributed by atoms with van der Waals surface area (Å²) in [6, 6.07) is 67.0. The van der Waals surface area contributed by atoms with Crippen LogP contribution < -0.4 is 4.90 Å². The second kappa shape index (κ2) is 12.8. The van der Waals surface area contributed by atoms with Gasteiger partial charge in [0.2, 0.25) is 0 Å². The van der Waals surface area contributed by atoms with Crippen LogP contribution in [0.1, 0.15) is 11.7 Å². The first-order chi connectivity index (χ1) is 27.3. The van der Waals surface area contributed by atoms with E-state index in [1.54, 1.807) is 0 Å². The number of benzene rings is 9. The molecule has 1 heterocycles. The molecule has 0 fully saturated rings. The van der Waals surface area contributed by atoms with Gasteiger partial charge in [0.05, 0.1) is 11.8 Å². The van der Waals surface area contributed by atoms with Crippen LogP contribution in [-0.2, 0) is 0 Å². The number of nitrogens with zero attached hydrogens (tertiary/aromatic N) is 2. The third-order valence-corrected chi connectivity index (χ3v) is 11.5. The van der Waals surface area contributed by atoms with E-state index in [1.165, 1.54) is 87.7 Å². The summed E-state index contributed by atoms with van der Waals surface area (Å²) in [6.45, 7) is 0. The second-order valence-corrected chi connectivity index (χ2v) is 14.7. The molecule has 1 aliphatic carbocycles. The molecular formula is C53H36N2. The predicted molar refractivity (Wildman–Crippen MR) is 234 cm³/mol. The highest BCUT2D eigenvalue weighted by Gasteiger charge is 2.35. The largest absolute Gasteiger partial charge is 0.334 e. The Kier molecular flexibility index (Phi) is 7.34. The first-order valence-corrected chi connectivity index (χ1v) is 19.1. The van der Waals surface area contributed by atoms with Crippen molar-refractivity contribution < 1.29 is 0 Å². The van der Waals surface area contributed by atoms with Gasteiger partial charge in [-0.15, -0.1) is 0 Å². The normalized spacial score (nSPS) is 16.3. The minimum atomic E-state index is -0.101. The van der Waals surface area contributed by atoms with E-state index >= 15 is 0 Å². The fourth-order valence-corrected chi connectivity index (χ4v) is 8.89. The van der Waals surface area contributed by atoms with Crippen molar-refractivity contribution in [1.29, 1.82) is 0 Å². The van der Waals surface area contributed by atoms with Crippen molar-refractivity contribution >= 4 is 54.5 Å². The van der Waals surface area contributed by atoms with E-state index in [1.807, 2.05) is 0 Å². The van der Waals surface area contributed by atoms with Crippen LogP contribution in [0.25, 0.3) is 76.5 Å². The summed E-state index contributed by atoms with van der Waals surface area (Å²) in [6.07, 6.45) is 8.51. The highest BCUT2D eigenvalue weighted by molar-refractivity contribution is 6.22. The molecule has 0 spiro atoms. The van der Waals surface area contributed by atoms with Gasteiger partial charge in [-0.1, -0.05) is 170 Å². The van der Waals surface area contributed by atoms with Gasteiger partial charge in [-0.05, 0) is 118 Å². The Bertz CT molecular complexity index is 3040. The Balaban J connectivity index is 1.09. The summed E-state index contributed by atoms with van der Waals surface area (Å²) in [4.78, 5) is 7.67. The Hall–Kier alpha value is -7.03. The van der Waals surface area contributed by atoms with E-state index in [0.29, 0.717) is 0 Å². The average Bonchev–Trinajstić information content (AvgIpc) is 3.65. The van der Waals surface area contributed by atoms with Gasteiger partial charge in [0.25, 0.3) is 0 Å². The summed E-state index contributed by atoms with van der Waals surface area (Å²) < 4.78 is 0. The topological polar surface area (TPSA) is 15.6 Å². The van der Waals surface area contributed by atoms with E-state index in [0.717, 1.165) is 5.71 Å². The zero-order chi connectivity index (χ0) is 36.3. The smallest absolute Gasteiger partial charge is 0.148 e. The molecule has 0 N–H and O–H groups in total. The van der Waals surface area contributed by atoms with Crippen LogP contribution in [0.2, 0.25) is 0 Å². The van der Waals surface area contributed by atoms with Crippen LogP contribution in [0, 0.1) is 0 Å². The van der Waals surface area contributed by atoms with Crippen molar-refractivity contribution in [1.82, 2.24) is 0 Å². The minimum absolute atomic E-state index is 0.101. The molecule has 0 amide bonds. The molecule has 11 rings (SSSR count). The highest BCUT2D eigenvalue weighted by Crippen LogP contribution is 2.46. The van der Waals surface area contributed by atoms with Crippen LogP contribution in [0.5, 0.6) is 0 Å². The van der Waals surface area contributed by atoms with Crippen LogP contribution in [0.15, 0.2) is 211 Å². The number of hydrogen-bond donors (Lipinski definition) is 0. The van der Waals surface area contributed by atoms with Crippen molar-refractivity contribution in [2.75, 3.05) is 4.90 Å². The molecule has 0 aromatic heterocycles. The first-order valence-electron chi connectivity index (χ1n) is 19.1. The van der Waals surface area contributed by atoms with Gasteiger partial charge in [0.15, 0.2) is 0 Å². The number of anilines is 1. The van der Waals surface area contributed by atoms with Crippen molar-refractivity contribution in [2.24, 2.45) is 4.99 Å². The third kappa shape index (κ3) is 5.29. The number of hydrogen-bond acceptors (Lipinski definition) is 2. The molecule has 0 saturated heterocycles. The van der Waals surface area contributed by atoms with Crippen molar-refractivity contribution in [3.63, 3.8) is 0 Å². The fraction of sp³-hybridized carbons (Fsp3) is 0.0377. The molecule has 2 atom stereocenters. The Morgan fingerprint density at radius 3 is 1.62 bits per heavy atom. The molecule has 9 aromatic rings. The van der Waals surface area contributed by atoms with Crippen LogP contribution >= 0.6 is 0 Å². The van der Waals surface area contributed by atoms with Gasteiger partial charge in [-0.2, -0.15) is 0 Å². The Labute approximate surface area is 320 Å². The maximum atomic E-state index is 5.24. The lowest BCUT2D eigenvalue weighted by molar-refractivity contribution is 0.696. The SMILES string of the molecule is C1=CC2=NC(c3ccc(-c4ccc5c(-c6ccc7ccccc7c6)c6ccccc6c(-c6ccc7ccccc7c6)c5c4)cc3)N(c3ccccc3)C2C=C1. The van der Waals surface area contributed by atoms with E-state index < -0.39 is 0 Å². The van der Waals surface area contributed by atoms with Gasteiger partial charge in [0.1, 0.15) is 6.17 Å². The monoisotopic (exact) mass is 700 g/mol. The molecular weight excluding hydrogens is 665 g/mol. The summed E-state index contributed by atoms with van der Waals surface area (Å²) in [5, 5.41) is 10.0. The zero-order valence-electron chi connectivity index (χ0n) is 30.2. The lowest BCUT2D eigenvalue weighted by Gasteiger charge is -2.31. The molecule has 0 saturated carbocycles. The van der Waals surface area contributed by atoms with Gasteiger partial charge >= 0.3 is 0 Å². The van der Waals surface area contributed by atoms with E-state index in [9.17, 15) is 0 Å². The standard InChI is InChI=1S/C53H36N2/c1-2-16-44(17-3-1)55-50-21-11-10-20-49(50)54-53(55)38-26-22-37(23-27-38)41-30-31-47-48(34-41)52(43-29-25-36-13-5-7-15-40(36)33-43)46-19-9-8-18-45(46)51(47)42-28-24-35-12-4-6-14-39(35)32-42/h1-34,50,53H. The fourth-order valence-electron chi connectivity index (χ4n) is 8.89. The Morgan fingerprint density at radius 1 is 0.400 bits per heavy atom. The van der Waals surface area contributed by atoms with E-state index in [-0.39, 0.29) is 12.2 Å². The quantitative estimate of drug-likeness (QED) is 0.163. The maximum absolute atomic E-state index is 5.24. The number of para-hydroxylation sites is 1. The van der Waals surface area contributed by atoms with Crippen molar-refractivity contribution in [3.05, 3.63) is 212 Å². The number of aliphatic imine (C=N–C) groups is 1. The van der Waals surface area contributed by atoms with Crippen LogP contribution in [0.4, 0.5) is 5.69 Å². The number of allylic oxidation sites excluding steroid dienone is 2. The molecule has 2 heteroatoms. The minimum Gasteiger partial charge on any atom is -0.334 e. The summed E-state index contributed by atoms with van der Waals surface area (Å²) in [7, 11) is 0. The predicted octanol–water partition coefficient (Wildman–Crippen LogP) is 13.8. The molecule has 2 unspecified atom stereocenters.